The molecule has 0 rings (SSSR count). The van der Waals surface area contributed by atoms with E-state index in [4.69, 9.17) is 4.74 Å². The van der Waals surface area contributed by atoms with Gasteiger partial charge in [-0.2, -0.15) is 0 Å². The Morgan fingerprint density at radius 2 is 0.925 bits per heavy atom. The first-order chi connectivity index (χ1) is 19.6. The second-order valence-corrected chi connectivity index (χ2v) is 12.1. The fraction of sp³-hybridized carbons (Fsp3) is 0.889. The van der Waals surface area contributed by atoms with Crippen molar-refractivity contribution in [3.63, 3.8) is 0 Å². The highest BCUT2D eigenvalue weighted by Crippen LogP contribution is 2.16. The molecular formula is C36H68O4. The van der Waals surface area contributed by atoms with Crippen molar-refractivity contribution >= 4 is 11.9 Å². The number of carboxylic acids is 1. The van der Waals surface area contributed by atoms with Crippen molar-refractivity contribution in [3.8, 4) is 0 Å². The molecule has 0 aromatic heterocycles. The third-order valence-electron chi connectivity index (χ3n) is 7.97. The van der Waals surface area contributed by atoms with Crippen LogP contribution in [0, 0.1) is 0 Å². The number of unbranched alkanes of at least 4 members (excludes halogenated alkanes) is 23. The van der Waals surface area contributed by atoms with Crippen LogP contribution in [0.15, 0.2) is 12.2 Å². The van der Waals surface area contributed by atoms with Crippen LogP contribution in [-0.4, -0.2) is 23.1 Å². The van der Waals surface area contributed by atoms with Gasteiger partial charge in [-0.3, -0.25) is 9.59 Å². The van der Waals surface area contributed by atoms with E-state index in [1.54, 1.807) is 0 Å². The average molecular weight is 565 g/mol. The maximum Gasteiger partial charge on any atom is 0.307 e. The van der Waals surface area contributed by atoms with Crippen molar-refractivity contribution < 1.29 is 19.4 Å². The molecule has 4 nitrogen and oxygen atoms in total. The normalized spacial score (nSPS) is 12.2. The number of hydrogen-bond donors (Lipinski definition) is 1. The van der Waals surface area contributed by atoms with Crippen molar-refractivity contribution in [3.05, 3.63) is 12.2 Å². The molecule has 4 heteroatoms. The summed E-state index contributed by atoms with van der Waals surface area (Å²) in [6, 6.07) is 0. The predicted octanol–water partition coefficient (Wildman–Crippen LogP) is 11.9. The van der Waals surface area contributed by atoms with Crippen LogP contribution in [0.3, 0.4) is 0 Å². The van der Waals surface area contributed by atoms with Crippen LogP contribution < -0.4 is 0 Å². The zero-order valence-electron chi connectivity index (χ0n) is 26.9. The second kappa shape index (κ2) is 32.2. The molecule has 0 aromatic rings. The Kier molecular flexibility index (Phi) is 31.1. The lowest BCUT2D eigenvalue weighted by Gasteiger charge is -2.16. The summed E-state index contributed by atoms with van der Waals surface area (Å²) in [6.07, 6.45) is 38.0. The summed E-state index contributed by atoms with van der Waals surface area (Å²) >= 11 is 0. The maximum atomic E-state index is 12.3. The number of rotatable bonds is 32. The van der Waals surface area contributed by atoms with Crippen molar-refractivity contribution in [2.45, 2.75) is 206 Å². The Labute approximate surface area is 249 Å². The van der Waals surface area contributed by atoms with E-state index in [9.17, 15) is 14.7 Å². The smallest absolute Gasteiger partial charge is 0.307 e. The van der Waals surface area contributed by atoms with Crippen molar-refractivity contribution in [1.82, 2.24) is 0 Å². The molecule has 1 unspecified atom stereocenters. The Bertz CT molecular complexity index is 571. The third kappa shape index (κ3) is 31.2. The summed E-state index contributed by atoms with van der Waals surface area (Å²) in [6.45, 7) is 4.52. The van der Waals surface area contributed by atoms with Gasteiger partial charge in [-0.25, -0.2) is 0 Å². The minimum absolute atomic E-state index is 0.0717. The van der Waals surface area contributed by atoms with Gasteiger partial charge in [0.25, 0.3) is 0 Å². The highest BCUT2D eigenvalue weighted by Gasteiger charge is 2.17. The number of carboxylic acid groups (broad SMARTS) is 1. The van der Waals surface area contributed by atoms with Crippen LogP contribution in [-0.2, 0) is 14.3 Å². The van der Waals surface area contributed by atoms with E-state index < -0.39 is 12.1 Å². The van der Waals surface area contributed by atoms with E-state index >= 15 is 0 Å². The average Bonchev–Trinajstić information content (AvgIpc) is 2.93. The van der Waals surface area contributed by atoms with Gasteiger partial charge in [0.1, 0.15) is 6.10 Å². The Morgan fingerprint density at radius 1 is 0.550 bits per heavy atom. The van der Waals surface area contributed by atoms with E-state index in [1.165, 1.54) is 141 Å². The fourth-order valence-corrected chi connectivity index (χ4v) is 5.37. The predicted molar refractivity (Wildman–Crippen MR) is 172 cm³/mol. The Balaban J connectivity index is 3.64. The zero-order chi connectivity index (χ0) is 29.4. The number of ether oxygens (including phenoxy) is 1. The molecule has 0 saturated carbocycles. The first kappa shape index (κ1) is 38.7. The van der Waals surface area contributed by atoms with Crippen LogP contribution in [0.1, 0.15) is 200 Å². The van der Waals surface area contributed by atoms with Gasteiger partial charge in [0, 0.05) is 6.42 Å². The quantitative estimate of drug-likeness (QED) is 0.0501. The fourth-order valence-electron chi connectivity index (χ4n) is 5.37. The lowest BCUT2D eigenvalue weighted by Crippen LogP contribution is -2.21. The van der Waals surface area contributed by atoms with E-state index in [-0.39, 0.29) is 12.4 Å². The molecule has 0 aromatic carbocycles. The summed E-state index contributed by atoms with van der Waals surface area (Å²) in [5, 5.41) is 9.21. The summed E-state index contributed by atoms with van der Waals surface area (Å²) in [4.78, 5) is 23.5. The van der Waals surface area contributed by atoms with Crippen LogP contribution >= 0.6 is 0 Å². The number of carbonyl (C=O) groups excluding carboxylic acids is 1. The van der Waals surface area contributed by atoms with Crippen molar-refractivity contribution in [2.24, 2.45) is 0 Å². The minimum Gasteiger partial charge on any atom is -0.481 e. The topological polar surface area (TPSA) is 63.6 Å². The number of allylic oxidation sites excluding steroid dienone is 2. The van der Waals surface area contributed by atoms with Gasteiger partial charge in [-0.1, -0.05) is 154 Å². The minimum atomic E-state index is -0.880. The lowest BCUT2D eigenvalue weighted by atomic mass is 10.0. The van der Waals surface area contributed by atoms with Crippen LogP contribution in [0.2, 0.25) is 0 Å². The summed E-state index contributed by atoms with van der Waals surface area (Å²) in [7, 11) is 0. The molecule has 0 heterocycles. The highest BCUT2D eigenvalue weighted by atomic mass is 16.5. The molecule has 0 amide bonds. The Morgan fingerprint density at radius 3 is 1.35 bits per heavy atom. The second-order valence-electron chi connectivity index (χ2n) is 12.1. The van der Waals surface area contributed by atoms with Gasteiger partial charge in [-0.15, -0.1) is 0 Å². The SMILES string of the molecule is CCCCCCCC/C=C\CCCCCCCCCC(=O)OC(CCCCCCCCCCCCC)CC(=O)O. The summed E-state index contributed by atoms with van der Waals surface area (Å²) in [5.41, 5.74) is 0. The monoisotopic (exact) mass is 565 g/mol. The zero-order valence-corrected chi connectivity index (χ0v) is 26.9. The van der Waals surface area contributed by atoms with E-state index in [0.717, 1.165) is 25.7 Å². The molecule has 0 saturated heterocycles. The van der Waals surface area contributed by atoms with E-state index in [1.807, 2.05) is 0 Å². The molecule has 1 N–H and O–H groups in total. The van der Waals surface area contributed by atoms with Crippen LogP contribution in [0.25, 0.3) is 0 Å². The molecule has 1 atom stereocenters. The molecule has 40 heavy (non-hydrogen) atoms. The molecule has 0 aliphatic heterocycles. The summed E-state index contributed by atoms with van der Waals surface area (Å²) < 4.78 is 5.56. The van der Waals surface area contributed by atoms with Crippen LogP contribution in [0.5, 0.6) is 0 Å². The molecule has 0 fully saturated rings. The molecular weight excluding hydrogens is 496 g/mol. The number of hydrogen-bond acceptors (Lipinski definition) is 3. The van der Waals surface area contributed by atoms with E-state index in [2.05, 4.69) is 26.0 Å². The van der Waals surface area contributed by atoms with Gasteiger partial charge >= 0.3 is 11.9 Å². The van der Waals surface area contributed by atoms with Gasteiger partial charge in [0.2, 0.25) is 0 Å². The Hall–Kier alpha value is -1.32. The van der Waals surface area contributed by atoms with Gasteiger partial charge in [0.15, 0.2) is 0 Å². The highest BCUT2D eigenvalue weighted by molar-refractivity contribution is 5.71. The standard InChI is InChI=1S/C36H68O4/c1-3-5-7-9-11-13-15-16-17-18-19-20-22-24-26-28-30-32-36(39)40-34(33-35(37)38)31-29-27-25-23-21-14-12-10-8-6-4-2/h16-17,34H,3-15,18-33H2,1-2H3,(H,37,38)/b17-16-. The van der Waals surface area contributed by atoms with Crippen LogP contribution in [0.4, 0.5) is 0 Å². The molecule has 0 aliphatic carbocycles. The molecule has 0 spiro atoms. The number of esters is 1. The van der Waals surface area contributed by atoms with Crippen molar-refractivity contribution in [2.75, 3.05) is 0 Å². The van der Waals surface area contributed by atoms with Gasteiger partial charge in [0.05, 0.1) is 6.42 Å². The first-order valence-electron chi connectivity index (χ1n) is 17.7. The molecule has 0 bridgehead atoms. The molecule has 0 radical (unpaired) electrons. The first-order valence-corrected chi connectivity index (χ1v) is 17.7. The number of aliphatic carboxylic acids is 1. The summed E-state index contributed by atoms with van der Waals surface area (Å²) in [5.74, 6) is -1.10. The number of carbonyl (C=O) groups is 2. The van der Waals surface area contributed by atoms with Crippen molar-refractivity contribution in [1.29, 1.82) is 0 Å². The maximum absolute atomic E-state index is 12.3. The van der Waals surface area contributed by atoms with E-state index in [0.29, 0.717) is 12.8 Å². The lowest BCUT2D eigenvalue weighted by molar-refractivity contribution is -0.153. The molecule has 0 aliphatic rings. The van der Waals surface area contributed by atoms with Gasteiger partial charge < -0.3 is 9.84 Å². The largest absolute Gasteiger partial charge is 0.481 e. The van der Waals surface area contributed by atoms with Gasteiger partial charge in [-0.05, 0) is 44.9 Å². The molecule has 236 valence electrons. The third-order valence-corrected chi connectivity index (χ3v) is 7.97.